The largest absolute Gasteiger partial charge is 0.481 e. The van der Waals surface area contributed by atoms with Gasteiger partial charge >= 0.3 is 5.97 Å². The Morgan fingerprint density at radius 3 is 2.94 bits per heavy atom. The summed E-state index contributed by atoms with van der Waals surface area (Å²) in [5.74, 6) is -1.62. The Bertz CT molecular complexity index is 404. The van der Waals surface area contributed by atoms with Crippen LogP contribution in [0.4, 0.5) is 4.39 Å². The van der Waals surface area contributed by atoms with E-state index in [2.05, 4.69) is 9.72 Å². The van der Waals surface area contributed by atoms with Gasteiger partial charge in [0.05, 0.1) is 19.4 Å². The summed E-state index contributed by atoms with van der Waals surface area (Å²) in [5, 5.41) is 0. The lowest BCUT2D eigenvalue weighted by molar-refractivity contribution is -0.140. The number of esters is 1. The number of hydrogen-bond acceptors (Lipinski definition) is 4. The predicted molar refractivity (Wildman–Crippen MR) is 56.5 cm³/mol. The Morgan fingerprint density at radius 1 is 1.56 bits per heavy atom. The molecule has 1 aromatic heterocycles. The molecule has 5 heteroatoms. The molecule has 0 atom stereocenters. The highest BCUT2D eigenvalue weighted by atomic mass is 19.1. The van der Waals surface area contributed by atoms with Crippen LogP contribution in [0.3, 0.4) is 0 Å². The average Bonchev–Trinajstić information content (AvgIpc) is 2.29. The Hall–Kier alpha value is -1.91. The van der Waals surface area contributed by atoms with Crippen molar-refractivity contribution in [3.8, 4) is 5.88 Å². The second-order valence-corrected chi connectivity index (χ2v) is 2.82. The fraction of sp³-hybridized carbons (Fsp3) is 0.273. The monoisotopic (exact) mass is 225 g/mol. The van der Waals surface area contributed by atoms with E-state index in [0.717, 1.165) is 6.08 Å². The van der Waals surface area contributed by atoms with Crippen LogP contribution in [0.1, 0.15) is 12.6 Å². The van der Waals surface area contributed by atoms with Gasteiger partial charge in [0.15, 0.2) is 0 Å². The zero-order chi connectivity index (χ0) is 12.0. The molecule has 0 fully saturated rings. The van der Waals surface area contributed by atoms with Crippen LogP contribution < -0.4 is 4.74 Å². The maximum absolute atomic E-state index is 13.2. The standard InChI is InChI=1S/C11H12FNO3/c1-3-16-11(14)9(12)7-8-5-4-6-10(13-8)15-2/h4-7H,3H2,1-2H3/b9-7-. The van der Waals surface area contributed by atoms with Crippen molar-refractivity contribution in [1.82, 2.24) is 4.98 Å². The summed E-state index contributed by atoms with van der Waals surface area (Å²) < 4.78 is 22.6. The average molecular weight is 225 g/mol. The first-order valence-corrected chi connectivity index (χ1v) is 4.72. The molecule has 0 unspecified atom stereocenters. The Balaban J connectivity index is 2.84. The molecule has 0 aliphatic rings. The van der Waals surface area contributed by atoms with Gasteiger partial charge in [0.1, 0.15) is 0 Å². The second kappa shape index (κ2) is 5.85. The molecule has 0 bridgehead atoms. The quantitative estimate of drug-likeness (QED) is 0.580. The molecule has 0 spiro atoms. The van der Waals surface area contributed by atoms with Gasteiger partial charge in [0, 0.05) is 12.1 Å². The molecule has 1 rings (SSSR count). The zero-order valence-corrected chi connectivity index (χ0v) is 9.07. The molecule has 0 saturated carbocycles. The molecule has 1 heterocycles. The fourth-order valence-corrected chi connectivity index (χ4v) is 1.01. The first-order chi connectivity index (χ1) is 7.67. The van der Waals surface area contributed by atoms with Crippen LogP contribution in [-0.4, -0.2) is 24.7 Å². The van der Waals surface area contributed by atoms with Crippen molar-refractivity contribution in [2.24, 2.45) is 0 Å². The number of rotatable bonds is 4. The Morgan fingerprint density at radius 2 is 2.31 bits per heavy atom. The molecule has 0 amide bonds. The van der Waals surface area contributed by atoms with Crippen LogP contribution in [0.25, 0.3) is 6.08 Å². The zero-order valence-electron chi connectivity index (χ0n) is 9.07. The summed E-state index contributed by atoms with van der Waals surface area (Å²) in [5.41, 5.74) is 0.296. The van der Waals surface area contributed by atoms with E-state index in [-0.39, 0.29) is 6.61 Å². The normalized spacial score (nSPS) is 11.1. The number of ether oxygens (including phenoxy) is 2. The van der Waals surface area contributed by atoms with Crippen molar-refractivity contribution in [2.45, 2.75) is 6.92 Å². The van der Waals surface area contributed by atoms with E-state index >= 15 is 0 Å². The Labute approximate surface area is 92.7 Å². The van der Waals surface area contributed by atoms with E-state index in [1.807, 2.05) is 0 Å². The van der Waals surface area contributed by atoms with Crippen LogP contribution in [0.2, 0.25) is 0 Å². The summed E-state index contributed by atoms with van der Waals surface area (Å²) in [6, 6.07) is 4.83. The van der Waals surface area contributed by atoms with Gasteiger partial charge in [-0.3, -0.25) is 0 Å². The topological polar surface area (TPSA) is 48.4 Å². The number of aromatic nitrogens is 1. The fourth-order valence-electron chi connectivity index (χ4n) is 1.01. The van der Waals surface area contributed by atoms with Gasteiger partial charge < -0.3 is 9.47 Å². The van der Waals surface area contributed by atoms with Crippen LogP contribution in [0.15, 0.2) is 24.0 Å². The van der Waals surface area contributed by atoms with Gasteiger partial charge in [-0.2, -0.15) is 4.39 Å². The van der Waals surface area contributed by atoms with Crippen molar-refractivity contribution in [1.29, 1.82) is 0 Å². The first-order valence-electron chi connectivity index (χ1n) is 4.72. The lowest BCUT2D eigenvalue weighted by Gasteiger charge is -2.00. The Kier molecular flexibility index (Phi) is 4.44. The van der Waals surface area contributed by atoms with E-state index in [1.165, 1.54) is 7.11 Å². The predicted octanol–water partition coefficient (Wildman–Crippen LogP) is 1.96. The molecule has 0 saturated heterocycles. The number of halogens is 1. The SMILES string of the molecule is CCOC(=O)/C(F)=C/c1cccc(OC)n1. The molecular formula is C11H12FNO3. The van der Waals surface area contributed by atoms with Gasteiger partial charge in [0.25, 0.3) is 0 Å². The smallest absolute Gasteiger partial charge is 0.367 e. The number of methoxy groups -OCH3 is 1. The minimum Gasteiger partial charge on any atom is -0.481 e. The number of hydrogen-bond donors (Lipinski definition) is 0. The molecule has 0 aromatic carbocycles. The first kappa shape index (κ1) is 12.2. The summed E-state index contributed by atoms with van der Waals surface area (Å²) in [7, 11) is 1.46. The van der Waals surface area contributed by atoms with Crippen LogP contribution in [-0.2, 0) is 9.53 Å². The number of pyridine rings is 1. The molecular weight excluding hydrogens is 213 g/mol. The third kappa shape index (κ3) is 3.34. The molecule has 0 radical (unpaired) electrons. The van der Waals surface area contributed by atoms with Gasteiger partial charge in [0.2, 0.25) is 11.7 Å². The molecule has 0 aliphatic heterocycles. The summed E-state index contributed by atoms with van der Waals surface area (Å²) in [4.78, 5) is 14.9. The van der Waals surface area contributed by atoms with Gasteiger partial charge in [-0.05, 0) is 13.0 Å². The van der Waals surface area contributed by atoms with Crippen LogP contribution in [0.5, 0.6) is 5.88 Å². The van der Waals surface area contributed by atoms with E-state index in [0.29, 0.717) is 11.6 Å². The molecule has 0 N–H and O–H groups in total. The van der Waals surface area contributed by atoms with Gasteiger partial charge in [-0.15, -0.1) is 0 Å². The number of carbonyl (C=O) groups excluding carboxylic acids is 1. The van der Waals surface area contributed by atoms with Crippen molar-refractivity contribution >= 4 is 12.0 Å². The lowest BCUT2D eigenvalue weighted by atomic mass is 10.3. The minimum absolute atomic E-state index is 0.131. The summed E-state index contributed by atoms with van der Waals surface area (Å²) in [6.07, 6.45) is 1.00. The number of carbonyl (C=O) groups is 1. The highest BCUT2D eigenvalue weighted by Crippen LogP contribution is 2.11. The third-order valence-electron chi connectivity index (χ3n) is 1.70. The summed E-state index contributed by atoms with van der Waals surface area (Å²) >= 11 is 0. The highest BCUT2D eigenvalue weighted by molar-refractivity contribution is 5.90. The third-order valence-corrected chi connectivity index (χ3v) is 1.70. The van der Waals surface area contributed by atoms with E-state index in [4.69, 9.17) is 4.74 Å². The van der Waals surface area contributed by atoms with E-state index in [9.17, 15) is 9.18 Å². The second-order valence-electron chi connectivity index (χ2n) is 2.82. The van der Waals surface area contributed by atoms with Crippen LogP contribution >= 0.6 is 0 Å². The van der Waals surface area contributed by atoms with Gasteiger partial charge in [-0.25, -0.2) is 9.78 Å². The summed E-state index contributed by atoms with van der Waals surface area (Å²) in [6.45, 7) is 1.74. The van der Waals surface area contributed by atoms with Crippen molar-refractivity contribution in [3.05, 3.63) is 29.7 Å². The molecule has 4 nitrogen and oxygen atoms in total. The van der Waals surface area contributed by atoms with Crippen molar-refractivity contribution in [3.63, 3.8) is 0 Å². The maximum Gasteiger partial charge on any atom is 0.367 e. The lowest BCUT2D eigenvalue weighted by Crippen LogP contribution is -2.04. The molecule has 86 valence electrons. The van der Waals surface area contributed by atoms with E-state index in [1.54, 1.807) is 25.1 Å². The molecule has 1 aromatic rings. The maximum atomic E-state index is 13.2. The number of nitrogens with zero attached hydrogens (tertiary/aromatic N) is 1. The van der Waals surface area contributed by atoms with E-state index < -0.39 is 11.8 Å². The van der Waals surface area contributed by atoms with Gasteiger partial charge in [-0.1, -0.05) is 6.07 Å². The minimum atomic E-state index is -0.993. The van der Waals surface area contributed by atoms with Crippen LogP contribution in [0, 0.1) is 0 Å². The highest BCUT2D eigenvalue weighted by Gasteiger charge is 2.09. The van der Waals surface area contributed by atoms with Crippen molar-refractivity contribution < 1.29 is 18.7 Å². The van der Waals surface area contributed by atoms with Crippen molar-refractivity contribution in [2.75, 3.05) is 13.7 Å². The molecule has 0 aliphatic carbocycles. The molecule has 16 heavy (non-hydrogen) atoms.